The number of furan rings is 1. The molecule has 1 rings (SSSR count). The van der Waals surface area contributed by atoms with Crippen molar-refractivity contribution in [1.29, 1.82) is 0 Å². The second kappa shape index (κ2) is 6.93. The summed E-state index contributed by atoms with van der Waals surface area (Å²) >= 11 is 0. The van der Waals surface area contributed by atoms with Gasteiger partial charge in [-0.25, -0.2) is 8.42 Å². The molecule has 0 aliphatic carbocycles. The van der Waals surface area contributed by atoms with Crippen molar-refractivity contribution in [1.82, 2.24) is 5.32 Å². The molecule has 2 N–H and O–H groups in total. The van der Waals surface area contributed by atoms with Crippen LogP contribution in [-0.2, 0) is 26.0 Å². The van der Waals surface area contributed by atoms with E-state index in [0.29, 0.717) is 5.76 Å². The molecule has 0 fully saturated rings. The number of hydrogen-bond acceptors (Lipinski definition) is 5. The highest BCUT2D eigenvalue weighted by Crippen LogP contribution is 2.00. The number of rotatable bonds is 8. The molecular formula is C11H15NO6S. The van der Waals surface area contributed by atoms with Crippen molar-refractivity contribution in [3.63, 3.8) is 0 Å². The molecule has 1 amide bonds. The van der Waals surface area contributed by atoms with Crippen LogP contribution in [-0.4, -0.2) is 36.9 Å². The number of hydrogen-bond donors (Lipinski definition) is 2. The van der Waals surface area contributed by atoms with Gasteiger partial charge in [-0.05, 0) is 18.6 Å². The van der Waals surface area contributed by atoms with Gasteiger partial charge in [0.05, 0.1) is 18.6 Å². The molecule has 0 bridgehead atoms. The SMILES string of the molecule is O=C(O)CCCS(=O)(=O)CC(=O)NCc1ccco1. The van der Waals surface area contributed by atoms with E-state index in [0.717, 1.165) is 0 Å². The monoisotopic (exact) mass is 289 g/mol. The van der Waals surface area contributed by atoms with Gasteiger partial charge in [0, 0.05) is 6.42 Å². The van der Waals surface area contributed by atoms with Crippen LogP contribution in [0.3, 0.4) is 0 Å². The predicted octanol–water partition coefficient (Wildman–Crippen LogP) is 0.175. The van der Waals surface area contributed by atoms with Crippen LogP contribution in [0, 0.1) is 0 Å². The minimum absolute atomic E-state index is 0.00311. The second-order valence-electron chi connectivity index (χ2n) is 3.95. The summed E-state index contributed by atoms with van der Waals surface area (Å²) in [5, 5.41) is 10.8. The Bertz CT molecular complexity index is 519. The fraction of sp³-hybridized carbons (Fsp3) is 0.455. The molecule has 1 aromatic rings. The Kier molecular flexibility index (Phi) is 5.56. The van der Waals surface area contributed by atoms with Crippen molar-refractivity contribution in [2.75, 3.05) is 11.5 Å². The van der Waals surface area contributed by atoms with Crippen molar-refractivity contribution in [3.05, 3.63) is 24.2 Å². The molecular weight excluding hydrogens is 274 g/mol. The maximum Gasteiger partial charge on any atom is 0.303 e. The quantitative estimate of drug-likeness (QED) is 0.705. The third-order valence-electron chi connectivity index (χ3n) is 2.24. The molecule has 0 saturated heterocycles. The van der Waals surface area contributed by atoms with Gasteiger partial charge in [-0.2, -0.15) is 0 Å². The first kappa shape index (κ1) is 15.2. The van der Waals surface area contributed by atoms with Gasteiger partial charge in [0.2, 0.25) is 5.91 Å². The number of sulfone groups is 1. The van der Waals surface area contributed by atoms with E-state index >= 15 is 0 Å². The second-order valence-corrected chi connectivity index (χ2v) is 6.13. The first-order chi connectivity index (χ1) is 8.89. The fourth-order valence-corrected chi connectivity index (χ4v) is 2.60. The van der Waals surface area contributed by atoms with Crippen molar-refractivity contribution in [2.24, 2.45) is 0 Å². The Labute approximate surface area is 110 Å². The van der Waals surface area contributed by atoms with Gasteiger partial charge in [0.15, 0.2) is 9.84 Å². The Morgan fingerprint density at radius 1 is 1.37 bits per heavy atom. The summed E-state index contributed by atoms with van der Waals surface area (Å²) in [6.07, 6.45) is 1.22. The highest BCUT2D eigenvalue weighted by molar-refractivity contribution is 7.92. The van der Waals surface area contributed by atoms with Gasteiger partial charge in [-0.15, -0.1) is 0 Å². The summed E-state index contributed by atoms with van der Waals surface area (Å²) in [6.45, 7) is 0.122. The standard InChI is InChI=1S/C11H15NO6S/c13-10(12-7-9-3-1-5-18-9)8-19(16,17)6-2-4-11(14)15/h1,3,5H,2,4,6-8H2,(H,12,13)(H,14,15). The number of nitrogens with one attached hydrogen (secondary N) is 1. The Morgan fingerprint density at radius 3 is 2.68 bits per heavy atom. The minimum atomic E-state index is -3.57. The number of carboxylic acid groups (broad SMARTS) is 1. The van der Waals surface area contributed by atoms with Crippen molar-refractivity contribution >= 4 is 21.7 Å². The molecule has 1 heterocycles. The predicted molar refractivity (Wildman–Crippen MR) is 66.1 cm³/mol. The highest BCUT2D eigenvalue weighted by atomic mass is 32.2. The molecule has 0 unspecified atom stereocenters. The molecule has 0 saturated carbocycles. The summed E-state index contributed by atoms with van der Waals surface area (Å²) in [4.78, 5) is 21.7. The molecule has 8 heteroatoms. The number of carbonyl (C=O) groups excluding carboxylic acids is 1. The van der Waals surface area contributed by atoms with Crippen LogP contribution in [0.2, 0.25) is 0 Å². The zero-order valence-corrected chi connectivity index (χ0v) is 11.0. The molecule has 0 aromatic carbocycles. The van der Waals surface area contributed by atoms with Crippen LogP contribution in [0.1, 0.15) is 18.6 Å². The molecule has 0 aliphatic heterocycles. The lowest BCUT2D eigenvalue weighted by Crippen LogP contribution is -2.30. The summed E-state index contributed by atoms with van der Waals surface area (Å²) in [6, 6.07) is 3.31. The number of carboxylic acids is 1. The lowest BCUT2D eigenvalue weighted by Gasteiger charge is -2.04. The number of amides is 1. The van der Waals surface area contributed by atoms with Gasteiger partial charge in [-0.1, -0.05) is 0 Å². The molecule has 7 nitrogen and oxygen atoms in total. The topological polar surface area (TPSA) is 114 Å². The maximum absolute atomic E-state index is 11.5. The molecule has 0 spiro atoms. The van der Waals surface area contributed by atoms with Gasteiger partial charge in [0.1, 0.15) is 11.5 Å². The van der Waals surface area contributed by atoms with Gasteiger partial charge < -0.3 is 14.8 Å². The third-order valence-corrected chi connectivity index (χ3v) is 3.85. The summed E-state index contributed by atoms with van der Waals surface area (Å²) in [7, 11) is -3.57. The van der Waals surface area contributed by atoms with Crippen LogP contribution in [0.15, 0.2) is 22.8 Å². The normalized spacial score (nSPS) is 11.2. The van der Waals surface area contributed by atoms with Gasteiger partial charge >= 0.3 is 5.97 Å². The van der Waals surface area contributed by atoms with Crippen LogP contribution in [0.4, 0.5) is 0 Å². The van der Waals surface area contributed by atoms with Crippen molar-refractivity contribution < 1.29 is 27.5 Å². The molecule has 0 aliphatic rings. The Balaban J connectivity index is 2.31. The maximum atomic E-state index is 11.5. The first-order valence-corrected chi connectivity index (χ1v) is 7.42. The van der Waals surface area contributed by atoms with E-state index in [2.05, 4.69) is 5.32 Å². The summed E-state index contributed by atoms with van der Waals surface area (Å²) in [5.74, 6) is -2.12. The van der Waals surface area contributed by atoms with Crippen molar-refractivity contribution in [2.45, 2.75) is 19.4 Å². The Morgan fingerprint density at radius 2 is 2.11 bits per heavy atom. The van der Waals surface area contributed by atoms with Gasteiger partial charge in [0.25, 0.3) is 0 Å². The van der Waals surface area contributed by atoms with Crippen LogP contribution in [0.5, 0.6) is 0 Å². The lowest BCUT2D eigenvalue weighted by atomic mass is 10.3. The molecule has 106 valence electrons. The van der Waals surface area contributed by atoms with E-state index in [9.17, 15) is 18.0 Å². The average molecular weight is 289 g/mol. The smallest absolute Gasteiger partial charge is 0.303 e. The van der Waals surface area contributed by atoms with E-state index in [1.165, 1.54) is 6.26 Å². The zero-order valence-electron chi connectivity index (χ0n) is 10.2. The van der Waals surface area contributed by atoms with E-state index in [1.54, 1.807) is 12.1 Å². The molecule has 0 radical (unpaired) electrons. The Hall–Kier alpha value is -1.83. The van der Waals surface area contributed by atoms with Crippen molar-refractivity contribution in [3.8, 4) is 0 Å². The van der Waals surface area contributed by atoms with Crippen LogP contribution >= 0.6 is 0 Å². The highest BCUT2D eigenvalue weighted by Gasteiger charge is 2.17. The number of aliphatic carboxylic acids is 1. The molecule has 19 heavy (non-hydrogen) atoms. The van der Waals surface area contributed by atoms with E-state index in [4.69, 9.17) is 9.52 Å². The first-order valence-electron chi connectivity index (χ1n) is 5.60. The summed E-state index contributed by atoms with van der Waals surface area (Å²) < 4.78 is 28.0. The van der Waals surface area contributed by atoms with E-state index in [-0.39, 0.29) is 25.1 Å². The average Bonchev–Trinajstić information content (AvgIpc) is 2.77. The van der Waals surface area contributed by atoms with Gasteiger partial charge in [-0.3, -0.25) is 9.59 Å². The molecule has 0 atom stereocenters. The zero-order chi connectivity index (χ0) is 14.3. The fourth-order valence-electron chi connectivity index (χ4n) is 1.37. The number of carbonyl (C=O) groups is 2. The largest absolute Gasteiger partial charge is 0.481 e. The lowest BCUT2D eigenvalue weighted by molar-refractivity contribution is -0.137. The van der Waals surface area contributed by atoms with E-state index < -0.39 is 27.5 Å². The van der Waals surface area contributed by atoms with Crippen LogP contribution in [0.25, 0.3) is 0 Å². The van der Waals surface area contributed by atoms with E-state index in [1.807, 2.05) is 0 Å². The third kappa shape index (κ3) is 6.61. The van der Waals surface area contributed by atoms with Crippen LogP contribution < -0.4 is 5.32 Å². The molecule has 1 aromatic heterocycles. The minimum Gasteiger partial charge on any atom is -0.481 e. The summed E-state index contributed by atoms with van der Waals surface area (Å²) in [5.41, 5.74) is 0.